The maximum absolute atomic E-state index is 13.8. The van der Waals surface area contributed by atoms with Gasteiger partial charge in [-0.15, -0.1) is 0 Å². The third-order valence-corrected chi connectivity index (χ3v) is 8.81. The average Bonchev–Trinajstić information content (AvgIpc) is 3.46. The number of carbonyl (C=O) groups excluding carboxylic acids is 1. The zero-order chi connectivity index (χ0) is 28.4. The summed E-state index contributed by atoms with van der Waals surface area (Å²) in [4.78, 5) is 26.6. The molecular weight excluding hydrogens is 573 g/mol. The van der Waals surface area contributed by atoms with Crippen molar-refractivity contribution in [1.82, 2.24) is 14.6 Å². The summed E-state index contributed by atoms with van der Waals surface area (Å²) in [5.41, 5.74) is -2.31. The highest BCUT2D eigenvalue weighted by molar-refractivity contribution is 7.71. The van der Waals surface area contributed by atoms with Crippen LogP contribution in [0.4, 0.5) is 0 Å². The van der Waals surface area contributed by atoms with Gasteiger partial charge in [0.2, 0.25) is 0 Å². The van der Waals surface area contributed by atoms with E-state index in [0.29, 0.717) is 5.02 Å². The average molecular weight is 604 g/mol. The Morgan fingerprint density at radius 1 is 1.33 bits per heavy atom. The van der Waals surface area contributed by atoms with Crippen molar-refractivity contribution in [3.8, 4) is 5.75 Å². The number of nitrogens with zero attached hydrogens (tertiary/aromatic N) is 1. The molecule has 0 spiro atoms. The van der Waals surface area contributed by atoms with Crippen molar-refractivity contribution in [3.05, 3.63) is 56.7 Å². The van der Waals surface area contributed by atoms with Crippen LogP contribution >= 0.6 is 31.6 Å². The zero-order valence-corrected chi connectivity index (χ0v) is 23.8. The normalized spacial score (nSPS) is 27.7. The number of aromatic amines is 1. The third kappa shape index (κ3) is 7.17. The first-order chi connectivity index (χ1) is 18.4. The predicted molar refractivity (Wildman–Crippen MR) is 143 cm³/mol. The van der Waals surface area contributed by atoms with Crippen LogP contribution in [-0.4, -0.2) is 62.3 Å². The number of rotatable bonds is 10. The summed E-state index contributed by atoms with van der Waals surface area (Å²) < 4.78 is 37.7. The molecular formula is C24H31ClN3O9PS. The first kappa shape index (κ1) is 29.9. The van der Waals surface area contributed by atoms with Gasteiger partial charge in [-0.25, -0.2) is 4.57 Å². The lowest BCUT2D eigenvalue weighted by Crippen LogP contribution is -2.45. The number of aliphatic hydroxyl groups is 2. The number of carbonyl (C=O) groups is 1. The van der Waals surface area contributed by atoms with Crippen LogP contribution in [0.3, 0.4) is 0 Å². The third-order valence-electron chi connectivity index (χ3n) is 6.60. The number of benzene rings is 1. The Labute approximate surface area is 234 Å². The summed E-state index contributed by atoms with van der Waals surface area (Å²) in [5.74, 6) is -0.470. The fourth-order valence-corrected chi connectivity index (χ4v) is 6.33. The number of H-pyrrole nitrogens is 1. The summed E-state index contributed by atoms with van der Waals surface area (Å²) in [6, 6.07) is 6.13. The van der Waals surface area contributed by atoms with Crippen molar-refractivity contribution in [3.63, 3.8) is 0 Å². The fraction of sp³-hybridized carbons (Fsp3) is 0.542. The molecule has 1 aromatic carbocycles. The van der Waals surface area contributed by atoms with Crippen LogP contribution < -0.4 is 15.2 Å². The summed E-state index contributed by atoms with van der Waals surface area (Å²) in [5, 5.41) is 24.8. The van der Waals surface area contributed by atoms with Gasteiger partial charge < -0.3 is 24.2 Å². The van der Waals surface area contributed by atoms with Gasteiger partial charge in [0.15, 0.2) is 11.0 Å². The van der Waals surface area contributed by atoms with Crippen LogP contribution in [0.25, 0.3) is 0 Å². The zero-order valence-electron chi connectivity index (χ0n) is 21.3. The molecule has 0 bridgehead atoms. The van der Waals surface area contributed by atoms with Crippen LogP contribution in [0, 0.1) is 4.77 Å². The molecule has 2 aromatic rings. The quantitative estimate of drug-likeness (QED) is 0.179. The topological polar surface area (TPSA) is 161 Å². The highest BCUT2D eigenvalue weighted by atomic mass is 35.5. The van der Waals surface area contributed by atoms with E-state index in [1.165, 1.54) is 54.9 Å². The van der Waals surface area contributed by atoms with E-state index in [1.807, 2.05) is 0 Å². The molecule has 4 rings (SSSR count). The van der Waals surface area contributed by atoms with E-state index in [1.54, 1.807) is 0 Å². The minimum absolute atomic E-state index is 0.0328. The molecule has 6 atom stereocenters. The van der Waals surface area contributed by atoms with E-state index in [9.17, 15) is 24.4 Å². The van der Waals surface area contributed by atoms with Gasteiger partial charge in [-0.1, -0.05) is 11.6 Å². The van der Waals surface area contributed by atoms with E-state index < -0.39 is 56.0 Å². The molecule has 1 aliphatic carbocycles. The minimum atomic E-state index is -4.28. The number of aromatic nitrogens is 2. The van der Waals surface area contributed by atoms with Gasteiger partial charge >= 0.3 is 13.7 Å². The summed E-state index contributed by atoms with van der Waals surface area (Å²) >= 11 is 11.1. The second kappa shape index (κ2) is 12.2. The summed E-state index contributed by atoms with van der Waals surface area (Å²) in [6.45, 7) is 2.29. The van der Waals surface area contributed by atoms with Crippen molar-refractivity contribution in [2.45, 2.75) is 75.7 Å². The second-order valence-electron chi connectivity index (χ2n) is 9.75. The molecule has 0 amide bonds. The van der Waals surface area contributed by atoms with Crippen LogP contribution in [-0.2, 0) is 23.4 Å². The molecule has 2 unspecified atom stereocenters. The predicted octanol–water partition coefficient (Wildman–Crippen LogP) is 3.24. The van der Waals surface area contributed by atoms with Crippen LogP contribution in [0.2, 0.25) is 5.02 Å². The number of ether oxygens (including phenoxy) is 2. The number of hydrogen-bond acceptors (Lipinski definition) is 10. The van der Waals surface area contributed by atoms with Gasteiger partial charge in [-0.2, -0.15) is 5.09 Å². The maximum atomic E-state index is 13.8. The van der Waals surface area contributed by atoms with Crippen LogP contribution in [0.15, 0.2) is 41.3 Å². The van der Waals surface area contributed by atoms with E-state index in [4.69, 9.17) is 42.3 Å². The number of hydrogen-bond donors (Lipinski definition) is 4. The van der Waals surface area contributed by atoms with E-state index in [2.05, 4.69) is 10.1 Å². The molecule has 2 heterocycles. The highest BCUT2D eigenvalue weighted by Crippen LogP contribution is 2.47. The molecule has 1 saturated heterocycles. The SMILES string of the molecule is C[C@H](NP(=O)(OC[C@H]1O[C@@H](n2ccc(=O)[nH]c2=S)C(C)(O)[C@H]1O)Oc1ccc(Cl)cc1)C(=O)OC1CCCC1. The summed E-state index contributed by atoms with van der Waals surface area (Å²) in [7, 11) is -4.28. The molecule has 39 heavy (non-hydrogen) atoms. The monoisotopic (exact) mass is 603 g/mol. The molecule has 4 N–H and O–H groups in total. The fourth-order valence-electron chi connectivity index (χ4n) is 4.45. The maximum Gasteiger partial charge on any atom is 0.459 e. The van der Waals surface area contributed by atoms with Gasteiger partial charge in [0.05, 0.1) is 6.61 Å². The van der Waals surface area contributed by atoms with Gasteiger partial charge in [0.1, 0.15) is 35.7 Å². The van der Waals surface area contributed by atoms with Gasteiger partial charge in [0.25, 0.3) is 5.56 Å². The van der Waals surface area contributed by atoms with Gasteiger partial charge in [-0.3, -0.25) is 23.7 Å². The van der Waals surface area contributed by atoms with Crippen molar-refractivity contribution < 1.29 is 38.1 Å². The Hall–Kier alpha value is -2.09. The van der Waals surface area contributed by atoms with Gasteiger partial charge in [0, 0.05) is 17.3 Å². The molecule has 0 radical (unpaired) electrons. The van der Waals surface area contributed by atoms with Crippen LogP contribution in [0.5, 0.6) is 5.75 Å². The Morgan fingerprint density at radius 2 is 2.00 bits per heavy atom. The molecule has 15 heteroatoms. The number of nitrogens with one attached hydrogen (secondary N) is 2. The smallest absolute Gasteiger partial charge is 0.459 e. The first-order valence-electron chi connectivity index (χ1n) is 12.4. The largest absolute Gasteiger partial charge is 0.461 e. The summed E-state index contributed by atoms with van der Waals surface area (Å²) in [6.07, 6.45) is 0.712. The molecule has 1 aliphatic heterocycles. The Bertz CT molecular complexity index is 1330. The number of esters is 1. The van der Waals surface area contributed by atoms with E-state index in [-0.39, 0.29) is 16.6 Å². The van der Waals surface area contributed by atoms with Crippen molar-refractivity contribution in [2.24, 2.45) is 0 Å². The molecule has 1 aromatic heterocycles. The van der Waals surface area contributed by atoms with Crippen molar-refractivity contribution >= 4 is 37.5 Å². The lowest BCUT2D eigenvalue weighted by atomic mass is 9.96. The Kier molecular flexibility index (Phi) is 9.34. The minimum Gasteiger partial charge on any atom is -0.461 e. The lowest BCUT2D eigenvalue weighted by Gasteiger charge is -2.28. The highest BCUT2D eigenvalue weighted by Gasteiger charge is 2.54. The number of halogens is 1. The molecule has 2 fully saturated rings. The Balaban J connectivity index is 1.50. The first-order valence-corrected chi connectivity index (χ1v) is 14.8. The van der Waals surface area contributed by atoms with Crippen molar-refractivity contribution in [2.75, 3.05) is 6.61 Å². The molecule has 1 saturated carbocycles. The Morgan fingerprint density at radius 3 is 2.64 bits per heavy atom. The molecule has 12 nitrogen and oxygen atoms in total. The number of aliphatic hydroxyl groups excluding tert-OH is 1. The van der Waals surface area contributed by atoms with Crippen LogP contribution in [0.1, 0.15) is 45.8 Å². The molecule has 2 aliphatic rings. The van der Waals surface area contributed by atoms with Crippen molar-refractivity contribution in [1.29, 1.82) is 0 Å². The lowest BCUT2D eigenvalue weighted by molar-refractivity contribution is -0.150. The second-order valence-corrected chi connectivity index (χ2v) is 12.3. The standard InChI is InChI=1S/C24H31ClN3O9PS/c1-14(21(31)35-16-5-3-4-6-16)27-38(33,37-17-9-7-15(25)8-10-17)34-13-18-20(30)24(2,32)22(36-18)28-12-11-19(29)26-23(28)39/h7-12,14,16,18,20,22,30,32H,3-6,13H2,1-2H3,(H,27,33)(H,26,29,39)/t14-,18+,20-,22+,24?,38?/m0/s1. The van der Waals surface area contributed by atoms with Gasteiger partial charge in [-0.05, 0) is 76.0 Å². The van der Waals surface area contributed by atoms with E-state index in [0.717, 1.165) is 25.7 Å². The van der Waals surface area contributed by atoms with E-state index >= 15 is 0 Å². The molecule has 214 valence electrons.